The highest BCUT2D eigenvalue weighted by Crippen LogP contribution is 2.32. The highest BCUT2D eigenvalue weighted by molar-refractivity contribution is 8.26. The first-order chi connectivity index (χ1) is 14.9. The van der Waals surface area contributed by atoms with Crippen molar-refractivity contribution >= 4 is 68.7 Å². The molecule has 158 valence electrons. The van der Waals surface area contributed by atoms with E-state index in [9.17, 15) is 14.0 Å². The second kappa shape index (κ2) is 9.21. The molecule has 0 atom stereocenters. The van der Waals surface area contributed by atoms with Crippen LogP contribution in [0, 0.1) is 5.82 Å². The molecular weight excluding hydrogens is 457 g/mol. The van der Waals surface area contributed by atoms with Crippen molar-refractivity contribution in [3.63, 3.8) is 0 Å². The van der Waals surface area contributed by atoms with Gasteiger partial charge in [-0.3, -0.25) is 14.5 Å². The van der Waals surface area contributed by atoms with Crippen LogP contribution in [0.25, 0.3) is 17.0 Å². The molecule has 1 aliphatic rings. The van der Waals surface area contributed by atoms with E-state index in [1.165, 1.54) is 17.0 Å². The summed E-state index contributed by atoms with van der Waals surface area (Å²) in [4.78, 5) is 29.9. The summed E-state index contributed by atoms with van der Waals surface area (Å²) in [5.74, 6) is -0.930. The van der Waals surface area contributed by atoms with Gasteiger partial charge in [0.2, 0.25) is 5.91 Å². The van der Waals surface area contributed by atoms with Gasteiger partial charge in [-0.1, -0.05) is 47.7 Å². The van der Waals surface area contributed by atoms with Crippen molar-refractivity contribution < 1.29 is 14.0 Å². The van der Waals surface area contributed by atoms with Gasteiger partial charge in [0.1, 0.15) is 16.7 Å². The van der Waals surface area contributed by atoms with Crippen LogP contribution in [0.2, 0.25) is 5.02 Å². The first kappa shape index (κ1) is 21.5. The molecule has 0 bridgehead atoms. The van der Waals surface area contributed by atoms with Gasteiger partial charge in [0, 0.05) is 28.7 Å². The maximum atomic E-state index is 13.5. The summed E-state index contributed by atoms with van der Waals surface area (Å²) in [6, 6.07) is 11.7. The molecule has 0 aliphatic carbocycles. The second-order valence-electron chi connectivity index (χ2n) is 6.93. The Labute approximate surface area is 192 Å². The molecule has 0 saturated carbocycles. The fraction of sp³-hybridized carbons (Fsp3) is 0.136. The van der Waals surface area contributed by atoms with Crippen LogP contribution in [0.1, 0.15) is 11.1 Å². The van der Waals surface area contributed by atoms with Crippen LogP contribution in [0.3, 0.4) is 0 Å². The summed E-state index contributed by atoms with van der Waals surface area (Å²) in [6.45, 7) is 0.204. The van der Waals surface area contributed by atoms with E-state index in [0.717, 1.165) is 33.8 Å². The van der Waals surface area contributed by atoms with E-state index in [-0.39, 0.29) is 24.2 Å². The molecule has 5 nitrogen and oxygen atoms in total. The van der Waals surface area contributed by atoms with Crippen LogP contribution in [0.5, 0.6) is 0 Å². The molecule has 0 radical (unpaired) electrons. The van der Waals surface area contributed by atoms with Gasteiger partial charge in [0.15, 0.2) is 0 Å². The maximum Gasteiger partial charge on any atom is 0.266 e. The smallest absolute Gasteiger partial charge is 0.266 e. The third-order valence-electron chi connectivity index (χ3n) is 4.77. The van der Waals surface area contributed by atoms with Crippen LogP contribution >= 0.6 is 35.6 Å². The molecule has 1 fully saturated rings. The van der Waals surface area contributed by atoms with Crippen LogP contribution in [-0.4, -0.2) is 39.1 Å². The number of amides is 2. The van der Waals surface area contributed by atoms with Crippen molar-refractivity contribution in [3.05, 3.63) is 75.5 Å². The summed E-state index contributed by atoms with van der Waals surface area (Å²) in [7, 11) is 0. The Morgan fingerprint density at radius 3 is 2.94 bits per heavy atom. The van der Waals surface area contributed by atoms with Crippen LogP contribution in [0.15, 0.2) is 53.6 Å². The van der Waals surface area contributed by atoms with Gasteiger partial charge >= 0.3 is 0 Å². The van der Waals surface area contributed by atoms with Crippen molar-refractivity contribution in [1.82, 2.24) is 15.2 Å². The van der Waals surface area contributed by atoms with Gasteiger partial charge in [-0.15, -0.1) is 0 Å². The Morgan fingerprint density at radius 1 is 1.29 bits per heavy atom. The molecule has 1 aromatic heterocycles. The van der Waals surface area contributed by atoms with Gasteiger partial charge in [-0.05, 0) is 54.0 Å². The van der Waals surface area contributed by atoms with Gasteiger partial charge in [0.25, 0.3) is 5.91 Å². The Hall–Kier alpha value is -2.68. The first-order valence-corrected chi connectivity index (χ1v) is 11.0. The number of thiocarbonyl (C=S) groups is 1. The number of hydrogen-bond acceptors (Lipinski definition) is 4. The van der Waals surface area contributed by atoms with E-state index in [4.69, 9.17) is 23.8 Å². The monoisotopic (exact) mass is 473 g/mol. The zero-order valence-corrected chi connectivity index (χ0v) is 18.5. The minimum absolute atomic E-state index is 0.153. The third-order valence-corrected chi connectivity index (χ3v) is 6.38. The van der Waals surface area contributed by atoms with Crippen molar-refractivity contribution in [2.24, 2.45) is 0 Å². The number of H-pyrrole nitrogens is 1. The Bertz CT molecular complexity index is 1220. The molecule has 2 N–H and O–H groups in total. The van der Waals surface area contributed by atoms with E-state index >= 15 is 0 Å². The summed E-state index contributed by atoms with van der Waals surface area (Å²) in [5.41, 5.74) is 2.53. The van der Waals surface area contributed by atoms with Crippen molar-refractivity contribution in [2.75, 3.05) is 13.1 Å². The SMILES string of the molecule is O=C(CN1C(=O)/C(=C/c2cccc(Cl)c2)SC1=S)NCCc1c[nH]c2ccc(F)cc12. The van der Waals surface area contributed by atoms with Gasteiger partial charge in [-0.25, -0.2) is 4.39 Å². The standard InChI is InChI=1S/C22H17ClFN3O2S2/c23-15-3-1-2-13(8-15)9-19-21(29)27(22(30)31-19)12-20(28)25-7-6-14-11-26-18-5-4-16(24)10-17(14)18/h1-5,8-11,26H,6-7,12H2,(H,25,28)/b19-9-. The molecule has 4 rings (SSSR count). The van der Waals surface area contributed by atoms with E-state index in [1.54, 1.807) is 36.5 Å². The van der Waals surface area contributed by atoms with Gasteiger partial charge in [-0.2, -0.15) is 0 Å². The lowest BCUT2D eigenvalue weighted by Gasteiger charge is -2.14. The molecule has 1 saturated heterocycles. The largest absolute Gasteiger partial charge is 0.361 e. The molecule has 1 aliphatic heterocycles. The average Bonchev–Trinajstić information content (AvgIpc) is 3.24. The first-order valence-electron chi connectivity index (χ1n) is 9.44. The number of rotatable bonds is 6. The summed E-state index contributed by atoms with van der Waals surface area (Å²) in [6.07, 6.45) is 4.04. The number of nitrogens with one attached hydrogen (secondary N) is 2. The molecule has 0 spiro atoms. The Kier molecular flexibility index (Phi) is 6.41. The summed E-state index contributed by atoms with van der Waals surface area (Å²) >= 11 is 12.4. The minimum Gasteiger partial charge on any atom is -0.361 e. The van der Waals surface area contributed by atoms with E-state index < -0.39 is 0 Å². The number of aromatic amines is 1. The number of benzene rings is 2. The third kappa shape index (κ3) is 4.98. The van der Waals surface area contributed by atoms with Crippen LogP contribution < -0.4 is 5.32 Å². The van der Waals surface area contributed by atoms with Crippen LogP contribution in [0.4, 0.5) is 4.39 Å². The normalized spacial score (nSPS) is 15.3. The molecule has 2 heterocycles. The van der Waals surface area contributed by atoms with E-state index in [0.29, 0.717) is 27.2 Å². The lowest BCUT2D eigenvalue weighted by Crippen LogP contribution is -2.40. The number of fused-ring (bicyclic) bond motifs is 1. The molecule has 0 unspecified atom stereocenters. The summed E-state index contributed by atoms with van der Waals surface area (Å²) in [5, 5.41) is 4.15. The van der Waals surface area contributed by atoms with Crippen molar-refractivity contribution in [3.8, 4) is 0 Å². The fourth-order valence-electron chi connectivity index (χ4n) is 3.28. The zero-order chi connectivity index (χ0) is 22.0. The maximum absolute atomic E-state index is 13.5. The Morgan fingerprint density at radius 2 is 2.13 bits per heavy atom. The lowest BCUT2D eigenvalue weighted by molar-refractivity contribution is -0.128. The number of nitrogens with zero attached hydrogens (tertiary/aromatic N) is 1. The van der Waals surface area contributed by atoms with Crippen molar-refractivity contribution in [2.45, 2.75) is 6.42 Å². The minimum atomic E-state index is -0.314. The molecule has 9 heteroatoms. The molecule has 31 heavy (non-hydrogen) atoms. The predicted molar refractivity (Wildman–Crippen MR) is 126 cm³/mol. The number of aromatic nitrogens is 1. The predicted octanol–water partition coefficient (Wildman–Crippen LogP) is 4.52. The second-order valence-corrected chi connectivity index (χ2v) is 9.04. The number of thioether (sulfide) groups is 1. The summed E-state index contributed by atoms with van der Waals surface area (Å²) < 4.78 is 13.8. The van der Waals surface area contributed by atoms with Crippen LogP contribution in [-0.2, 0) is 16.0 Å². The molecule has 2 aromatic carbocycles. The van der Waals surface area contributed by atoms with Gasteiger partial charge < -0.3 is 10.3 Å². The highest BCUT2D eigenvalue weighted by Gasteiger charge is 2.33. The van der Waals surface area contributed by atoms with Gasteiger partial charge in [0.05, 0.1) is 4.91 Å². The molecular formula is C22H17ClFN3O2S2. The number of carbonyl (C=O) groups excluding carboxylic acids is 2. The number of halogens is 2. The van der Waals surface area contributed by atoms with E-state index in [2.05, 4.69) is 10.3 Å². The number of carbonyl (C=O) groups is 2. The van der Waals surface area contributed by atoms with E-state index in [1.807, 2.05) is 6.07 Å². The fourth-order valence-corrected chi connectivity index (χ4v) is 4.73. The van der Waals surface area contributed by atoms with Crippen molar-refractivity contribution in [1.29, 1.82) is 0 Å². The quantitative estimate of drug-likeness (QED) is 0.408. The Balaban J connectivity index is 1.34. The zero-order valence-electron chi connectivity index (χ0n) is 16.2. The highest BCUT2D eigenvalue weighted by atomic mass is 35.5. The molecule has 3 aromatic rings. The number of hydrogen-bond donors (Lipinski definition) is 2. The topological polar surface area (TPSA) is 65.2 Å². The lowest BCUT2D eigenvalue weighted by atomic mass is 10.1. The average molecular weight is 474 g/mol. The molecule has 2 amide bonds.